The SMILES string of the molecule is CCOC(=O)C(C(=O)OCC)(c1ccccc1)[N+](=O)[O-]. The lowest BCUT2D eigenvalue weighted by atomic mass is 9.90. The van der Waals surface area contributed by atoms with E-state index in [4.69, 9.17) is 9.47 Å². The number of ether oxygens (including phenoxy) is 2. The van der Waals surface area contributed by atoms with Gasteiger partial charge >= 0.3 is 17.5 Å². The molecule has 0 saturated carbocycles. The van der Waals surface area contributed by atoms with Crippen molar-refractivity contribution in [2.24, 2.45) is 0 Å². The second kappa shape index (κ2) is 6.65. The molecule has 0 radical (unpaired) electrons. The maximum absolute atomic E-state index is 12.1. The van der Waals surface area contributed by atoms with Crippen LogP contribution in [0.5, 0.6) is 0 Å². The topological polar surface area (TPSA) is 95.7 Å². The molecule has 1 aromatic rings. The highest BCUT2D eigenvalue weighted by atomic mass is 16.7. The van der Waals surface area contributed by atoms with Gasteiger partial charge in [-0.2, -0.15) is 0 Å². The van der Waals surface area contributed by atoms with Crippen LogP contribution in [0.25, 0.3) is 0 Å². The number of carbonyl (C=O) groups excluding carboxylic acids is 2. The van der Waals surface area contributed by atoms with Crippen molar-refractivity contribution >= 4 is 11.9 Å². The molecule has 0 atom stereocenters. The molecule has 0 unspecified atom stereocenters. The van der Waals surface area contributed by atoms with Gasteiger partial charge in [-0.25, -0.2) is 9.59 Å². The number of hydrogen-bond donors (Lipinski definition) is 0. The van der Waals surface area contributed by atoms with Crippen LogP contribution < -0.4 is 0 Å². The van der Waals surface area contributed by atoms with Gasteiger partial charge in [0.2, 0.25) is 0 Å². The Hall–Kier alpha value is -2.44. The summed E-state index contributed by atoms with van der Waals surface area (Å²) in [5.41, 5.74) is -2.78. The van der Waals surface area contributed by atoms with Gasteiger partial charge in [0.25, 0.3) is 0 Å². The molecule has 0 bridgehead atoms. The van der Waals surface area contributed by atoms with E-state index in [9.17, 15) is 19.7 Å². The minimum atomic E-state index is -2.69. The molecule has 108 valence electrons. The molecule has 0 heterocycles. The Morgan fingerprint density at radius 1 is 1.10 bits per heavy atom. The van der Waals surface area contributed by atoms with E-state index in [1.807, 2.05) is 0 Å². The van der Waals surface area contributed by atoms with Crippen LogP contribution >= 0.6 is 0 Å². The highest BCUT2D eigenvalue weighted by Crippen LogP contribution is 2.28. The monoisotopic (exact) mass is 281 g/mol. The van der Waals surface area contributed by atoms with Gasteiger partial charge in [-0.15, -0.1) is 0 Å². The number of rotatable bonds is 6. The molecule has 20 heavy (non-hydrogen) atoms. The van der Waals surface area contributed by atoms with Crippen molar-refractivity contribution in [3.63, 3.8) is 0 Å². The Morgan fingerprint density at radius 2 is 1.55 bits per heavy atom. The molecule has 0 aliphatic rings. The fourth-order valence-electron chi connectivity index (χ4n) is 1.72. The first-order valence-electron chi connectivity index (χ1n) is 6.06. The second-order valence-electron chi connectivity index (χ2n) is 3.77. The van der Waals surface area contributed by atoms with Crippen LogP contribution in [0.2, 0.25) is 0 Å². The number of hydrogen-bond acceptors (Lipinski definition) is 6. The van der Waals surface area contributed by atoms with E-state index >= 15 is 0 Å². The van der Waals surface area contributed by atoms with Gasteiger partial charge in [0, 0.05) is 0 Å². The highest BCUT2D eigenvalue weighted by molar-refractivity contribution is 6.04. The lowest BCUT2D eigenvalue weighted by molar-refractivity contribution is -0.549. The summed E-state index contributed by atoms with van der Waals surface area (Å²) in [5, 5.41) is 11.5. The maximum Gasteiger partial charge on any atom is 0.435 e. The van der Waals surface area contributed by atoms with Gasteiger partial charge < -0.3 is 9.47 Å². The quantitative estimate of drug-likeness (QED) is 0.337. The van der Waals surface area contributed by atoms with Crippen LogP contribution in [0.1, 0.15) is 19.4 Å². The van der Waals surface area contributed by atoms with Crippen LogP contribution in [0.15, 0.2) is 30.3 Å². The molecule has 1 rings (SSSR count). The molecule has 0 fully saturated rings. The van der Waals surface area contributed by atoms with Crippen LogP contribution in [-0.2, 0) is 24.6 Å². The van der Waals surface area contributed by atoms with Crippen LogP contribution in [0.4, 0.5) is 0 Å². The van der Waals surface area contributed by atoms with Gasteiger partial charge in [0.05, 0.1) is 23.7 Å². The van der Waals surface area contributed by atoms with E-state index in [1.54, 1.807) is 6.07 Å². The third-order valence-corrected chi connectivity index (χ3v) is 2.61. The molecule has 7 nitrogen and oxygen atoms in total. The van der Waals surface area contributed by atoms with Gasteiger partial charge in [0.1, 0.15) is 0 Å². The van der Waals surface area contributed by atoms with Crippen molar-refractivity contribution < 1.29 is 24.0 Å². The summed E-state index contributed by atoms with van der Waals surface area (Å²) in [7, 11) is 0. The molecule has 0 aromatic heterocycles. The molecule has 0 N–H and O–H groups in total. The number of nitrogens with zero attached hydrogens (tertiary/aromatic N) is 1. The molecular formula is C13H15NO6. The van der Waals surface area contributed by atoms with E-state index in [-0.39, 0.29) is 18.8 Å². The molecule has 1 aromatic carbocycles. The molecule has 0 aliphatic heterocycles. The summed E-state index contributed by atoms with van der Waals surface area (Å²) in [6.07, 6.45) is 0. The first-order valence-corrected chi connectivity index (χ1v) is 6.06. The predicted molar refractivity (Wildman–Crippen MR) is 68.4 cm³/mol. The first-order chi connectivity index (χ1) is 9.51. The predicted octanol–water partition coefficient (Wildman–Crippen LogP) is 1.28. The van der Waals surface area contributed by atoms with Crippen LogP contribution in [-0.4, -0.2) is 30.1 Å². The zero-order valence-corrected chi connectivity index (χ0v) is 11.2. The summed E-state index contributed by atoms with van der Waals surface area (Å²) in [5.74, 6) is -2.51. The van der Waals surface area contributed by atoms with Crippen LogP contribution in [0, 0.1) is 10.1 Å². The Bertz CT molecular complexity index is 481. The van der Waals surface area contributed by atoms with Gasteiger partial charge in [-0.3, -0.25) is 10.1 Å². The van der Waals surface area contributed by atoms with E-state index in [0.717, 1.165) is 0 Å². The molecule has 7 heteroatoms. The third-order valence-electron chi connectivity index (χ3n) is 2.61. The molecule has 0 spiro atoms. The van der Waals surface area contributed by atoms with Crippen molar-refractivity contribution in [3.05, 3.63) is 46.0 Å². The standard InChI is InChI=1S/C13H15NO6/c1-3-19-11(15)13(14(17)18,12(16)20-4-2)10-8-6-5-7-9-10/h5-9H,3-4H2,1-2H3. The summed E-state index contributed by atoms with van der Waals surface area (Å²) in [6, 6.07) is 7.23. The van der Waals surface area contributed by atoms with Crippen molar-refractivity contribution in [1.29, 1.82) is 0 Å². The number of carbonyl (C=O) groups is 2. The smallest absolute Gasteiger partial charge is 0.435 e. The Balaban J connectivity index is 3.47. The number of nitro groups is 1. The Labute approximate surface area is 115 Å². The van der Waals surface area contributed by atoms with E-state index < -0.39 is 22.4 Å². The van der Waals surface area contributed by atoms with E-state index in [1.165, 1.54) is 38.1 Å². The molecular weight excluding hydrogens is 266 g/mol. The molecule has 0 amide bonds. The zero-order valence-electron chi connectivity index (χ0n) is 11.2. The minimum absolute atomic E-state index is 0.0827. The fourth-order valence-corrected chi connectivity index (χ4v) is 1.72. The Morgan fingerprint density at radius 3 is 1.90 bits per heavy atom. The average Bonchev–Trinajstić information content (AvgIpc) is 2.41. The van der Waals surface area contributed by atoms with Crippen molar-refractivity contribution in [1.82, 2.24) is 0 Å². The lowest BCUT2D eigenvalue weighted by Gasteiger charge is -2.21. The fraction of sp³-hybridized carbons (Fsp3) is 0.385. The number of esters is 2. The second-order valence-corrected chi connectivity index (χ2v) is 3.77. The highest BCUT2D eigenvalue weighted by Gasteiger charge is 2.63. The summed E-state index contributed by atoms with van der Waals surface area (Å²) in [4.78, 5) is 34.6. The Kier molecular flexibility index (Phi) is 5.19. The summed E-state index contributed by atoms with van der Waals surface area (Å²) >= 11 is 0. The van der Waals surface area contributed by atoms with Gasteiger partial charge in [-0.05, 0) is 13.8 Å². The van der Waals surface area contributed by atoms with Gasteiger partial charge in [-0.1, -0.05) is 30.3 Å². The van der Waals surface area contributed by atoms with Crippen molar-refractivity contribution in [2.75, 3.05) is 13.2 Å². The maximum atomic E-state index is 12.1. The zero-order chi connectivity index (χ0) is 15.2. The molecule has 0 aliphatic carbocycles. The van der Waals surface area contributed by atoms with Crippen LogP contribution in [0.3, 0.4) is 0 Å². The van der Waals surface area contributed by atoms with E-state index in [0.29, 0.717) is 0 Å². The van der Waals surface area contributed by atoms with Gasteiger partial charge in [0.15, 0.2) is 0 Å². The number of benzene rings is 1. The van der Waals surface area contributed by atoms with E-state index in [2.05, 4.69) is 0 Å². The van der Waals surface area contributed by atoms with Crippen molar-refractivity contribution in [3.8, 4) is 0 Å². The average molecular weight is 281 g/mol. The normalized spacial score (nSPS) is 10.7. The summed E-state index contributed by atoms with van der Waals surface area (Å²) in [6.45, 7) is 2.83. The largest absolute Gasteiger partial charge is 0.460 e. The molecule has 0 saturated heterocycles. The first kappa shape index (κ1) is 15.6. The van der Waals surface area contributed by atoms with Crippen molar-refractivity contribution in [2.45, 2.75) is 19.4 Å². The minimum Gasteiger partial charge on any atom is -0.460 e. The lowest BCUT2D eigenvalue weighted by Crippen LogP contribution is -2.52. The summed E-state index contributed by atoms with van der Waals surface area (Å²) < 4.78 is 9.42. The third kappa shape index (κ3) is 2.61.